The number of carbonyl (C=O) groups is 1. The zero-order valence-electron chi connectivity index (χ0n) is 13.7. The van der Waals surface area contributed by atoms with Crippen LogP contribution >= 0.6 is 0 Å². The molecule has 0 aliphatic carbocycles. The normalized spacial score (nSPS) is 22.6. The lowest BCUT2D eigenvalue weighted by Crippen LogP contribution is -2.58. The zero-order valence-corrected chi connectivity index (χ0v) is 13.7. The van der Waals surface area contributed by atoms with Crippen LogP contribution in [0.2, 0.25) is 0 Å². The topological polar surface area (TPSA) is 58.8 Å². The molecule has 0 radical (unpaired) electrons. The average Bonchev–Trinajstić information content (AvgIpc) is 2.81. The van der Waals surface area contributed by atoms with Gasteiger partial charge in [-0.05, 0) is 24.8 Å². The molecule has 0 spiro atoms. The number of ether oxygens (including phenoxy) is 1. The summed E-state index contributed by atoms with van der Waals surface area (Å²) in [5, 5.41) is 0. The molecule has 126 valence electrons. The Morgan fingerprint density at radius 1 is 1.09 bits per heavy atom. The van der Waals surface area contributed by atoms with Gasteiger partial charge in [0.2, 0.25) is 5.91 Å². The Balaban J connectivity index is 1.56. The summed E-state index contributed by atoms with van der Waals surface area (Å²) in [6, 6.07) is 10.5. The van der Waals surface area contributed by atoms with Gasteiger partial charge < -0.3 is 15.4 Å². The van der Waals surface area contributed by atoms with Crippen LogP contribution in [0, 0.1) is 0 Å². The SMILES string of the molecule is NC1(C(=O)N2CCCN(Cc3ccccc3)CC2)CCOCC1. The van der Waals surface area contributed by atoms with E-state index in [-0.39, 0.29) is 5.91 Å². The van der Waals surface area contributed by atoms with Crippen molar-refractivity contribution in [3.8, 4) is 0 Å². The molecule has 5 nitrogen and oxygen atoms in total. The minimum absolute atomic E-state index is 0.113. The third kappa shape index (κ3) is 4.10. The molecule has 1 aromatic carbocycles. The van der Waals surface area contributed by atoms with Gasteiger partial charge in [0.05, 0.1) is 5.54 Å². The molecular formula is C18H27N3O2. The van der Waals surface area contributed by atoms with E-state index in [0.29, 0.717) is 26.1 Å². The lowest BCUT2D eigenvalue weighted by molar-refractivity contribution is -0.140. The standard InChI is InChI=1S/C18H27N3O2/c19-18(7-13-23-14-8-18)17(22)21-10-4-9-20(11-12-21)15-16-5-2-1-3-6-16/h1-3,5-6H,4,7-15,19H2. The van der Waals surface area contributed by atoms with E-state index in [1.807, 2.05) is 11.0 Å². The lowest BCUT2D eigenvalue weighted by atomic mass is 9.89. The summed E-state index contributed by atoms with van der Waals surface area (Å²) in [6.45, 7) is 5.65. The Hall–Kier alpha value is -1.43. The third-order valence-corrected chi connectivity index (χ3v) is 4.94. The van der Waals surface area contributed by atoms with E-state index in [1.54, 1.807) is 0 Å². The van der Waals surface area contributed by atoms with Gasteiger partial charge in [0.15, 0.2) is 0 Å². The first-order chi connectivity index (χ1) is 11.2. The van der Waals surface area contributed by atoms with E-state index >= 15 is 0 Å². The molecule has 0 aromatic heterocycles. The number of rotatable bonds is 3. The largest absolute Gasteiger partial charge is 0.381 e. The molecule has 2 N–H and O–H groups in total. The van der Waals surface area contributed by atoms with Gasteiger partial charge in [-0.15, -0.1) is 0 Å². The second-order valence-electron chi connectivity index (χ2n) is 6.68. The van der Waals surface area contributed by atoms with Crippen molar-refractivity contribution in [3.63, 3.8) is 0 Å². The van der Waals surface area contributed by atoms with E-state index in [1.165, 1.54) is 5.56 Å². The van der Waals surface area contributed by atoms with E-state index < -0.39 is 5.54 Å². The molecule has 0 unspecified atom stereocenters. The average molecular weight is 317 g/mol. The third-order valence-electron chi connectivity index (χ3n) is 4.94. The van der Waals surface area contributed by atoms with Gasteiger partial charge in [-0.2, -0.15) is 0 Å². The van der Waals surface area contributed by atoms with Gasteiger partial charge in [0.1, 0.15) is 0 Å². The van der Waals surface area contributed by atoms with Crippen molar-refractivity contribution in [1.82, 2.24) is 9.80 Å². The molecule has 2 fully saturated rings. The summed E-state index contributed by atoms with van der Waals surface area (Å²) in [5.41, 5.74) is 6.97. The van der Waals surface area contributed by atoms with Crippen LogP contribution in [0.4, 0.5) is 0 Å². The number of nitrogens with two attached hydrogens (primary N) is 1. The van der Waals surface area contributed by atoms with E-state index in [4.69, 9.17) is 10.5 Å². The number of benzene rings is 1. The van der Waals surface area contributed by atoms with Crippen molar-refractivity contribution in [2.45, 2.75) is 31.3 Å². The highest BCUT2D eigenvalue weighted by Gasteiger charge is 2.39. The van der Waals surface area contributed by atoms with Gasteiger partial charge in [-0.1, -0.05) is 30.3 Å². The van der Waals surface area contributed by atoms with Crippen LogP contribution in [0.5, 0.6) is 0 Å². The highest BCUT2D eigenvalue weighted by Crippen LogP contribution is 2.21. The summed E-state index contributed by atoms with van der Waals surface area (Å²) < 4.78 is 5.35. The van der Waals surface area contributed by atoms with Gasteiger partial charge in [0.25, 0.3) is 0 Å². The van der Waals surface area contributed by atoms with Crippen molar-refractivity contribution < 1.29 is 9.53 Å². The Morgan fingerprint density at radius 3 is 2.57 bits per heavy atom. The Morgan fingerprint density at radius 2 is 1.83 bits per heavy atom. The molecule has 1 aromatic rings. The first kappa shape index (κ1) is 16.4. The molecule has 5 heteroatoms. The molecular weight excluding hydrogens is 290 g/mol. The Kier molecular flexibility index (Phi) is 5.30. The fraction of sp³-hybridized carbons (Fsp3) is 0.611. The number of carbonyl (C=O) groups excluding carboxylic acids is 1. The van der Waals surface area contributed by atoms with Gasteiger partial charge in [0, 0.05) is 45.9 Å². The minimum Gasteiger partial charge on any atom is -0.381 e. The fourth-order valence-electron chi connectivity index (χ4n) is 3.44. The van der Waals surface area contributed by atoms with Gasteiger partial charge in [-0.25, -0.2) is 0 Å². The van der Waals surface area contributed by atoms with E-state index in [9.17, 15) is 4.79 Å². The highest BCUT2D eigenvalue weighted by molar-refractivity contribution is 5.86. The van der Waals surface area contributed by atoms with Crippen LogP contribution in [-0.2, 0) is 16.1 Å². The van der Waals surface area contributed by atoms with Crippen molar-refractivity contribution in [1.29, 1.82) is 0 Å². The molecule has 2 saturated heterocycles. The predicted molar refractivity (Wildman–Crippen MR) is 89.9 cm³/mol. The zero-order chi connectivity index (χ0) is 16.1. The van der Waals surface area contributed by atoms with Crippen LogP contribution < -0.4 is 5.73 Å². The van der Waals surface area contributed by atoms with Crippen molar-refractivity contribution in [2.75, 3.05) is 39.4 Å². The van der Waals surface area contributed by atoms with Crippen LogP contribution in [0.25, 0.3) is 0 Å². The summed E-state index contributed by atoms with van der Waals surface area (Å²) in [5.74, 6) is 0.113. The number of hydrogen-bond acceptors (Lipinski definition) is 4. The predicted octanol–water partition coefficient (Wildman–Crippen LogP) is 1.23. The molecule has 23 heavy (non-hydrogen) atoms. The van der Waals surface area contributed by atoms with Crippen LogP contribution in [0.1, 0.15) is 24.8 Å². The van der Waals surface area contributed by atoms with Crippen molar-refractivity contribution in [2.24, 2.45) is 5.73 Å². The molecule has 0 saturated carbocycles. The first-order valence-corrected chi connectivity index (χ1v) is 8.60. The minimum atomic E-state index is -0.715. The maximum absolute atomic E-state index is 12.8. The van der Waals surface area contributed by atoms with Gasteiger partial charge >= 0.3 is 0 Å². The molecule has 0 bridgehead atoms. The molecule has 1 amide bonds. The summed E-state index contributed by atoms with van der Waals surface area (Å²) >= 11 is 0. The molecule has 2 aliphatic rings. The van der Waals surface area contributed by atoms with E-state index in [2.05, 4.69) is 29.2 Å². The monoisotopic (exact) mass is 317 g/mol. The summed E-state index contributed by atoms with van der Waals surface area (Å²) in [6.07, 6.45) is 2.28. The maximum Gasteiger partial charge on any atom is 0.242 e. The highest BCUT2D eigenvalue weighted by atomic mass is 16.5. The number of hydrogen-bond donors (Lipinski definition) is 1. The lowest BCUT2D eigenvalue weighted by Gasteiger charge is -2.36. The molecule has 0 atom stereocenters. The fourth-order valence-corrected chi connectivity index (χ4v) is 3.44. The van der Waals surface area contributed by atoms with Crippen molar-refractivity contribution in [3.05, 3.63) is 35.9 Å². The van der Waals surface area contributed by atoms with Gasteiger partial charge in [-0.3, -0.25) is 9.69 Å². The van der Waals surface area contributed by atoms with Crippen LogP contribution in [0.15, 0.2) is 30.3 Å². The summed E-state index contributed by atoms with van der Waals surface area (Å²) in [4.78, 5) is 17.2. The molecule has 2 aliphatic heterocycles. The van der Waals surface area contributed by atoms with Crippen LogP contribution in [-0.4, -0.2) is 60.6 Å². The second-order valence-corrected chi connectivity index (χ2v) is 6.68. The van der Waals surface area contributed by atoms with E-state index in [0.717, 1.165) is 39.1 Å². The molecule has 2 heterocycles. The first-order valence-electron chi connectivity index (χ1n) is 8.60. The summed E-state index contributed by atoms with van der Waals surface area (Å²) in [7, 11) is 0. The van der Waals surface area contributed by atoms with Crippen molar-refractivity contribution >= 4 is 5.91 Å². The quantitative estimate of drug-likeness (QED) is 0.911. The smallest absolute Gasteiger partial charge is 0.242 e. The maximum atomic E-state index is 12.8. The Labute approximate surface area is 138 Å². The second kappa shape index (κ2) is 7.43. The van der Waals surface area contributed by atoms with Crippen LogP contribution in [0.3, 0.4) is 0 Å². The Bertz CT molecular complexity index is 514. The number of nitrogens with zero attached hydrogens (tertiary/aromatic N) is 2. The number of amides is 1. The molecule has 3 rings (SSSR count).